The predicted molar refractivity (Wildman–Crippen MR) is 70.2 cm³/mol. The number of rotatable bonds is 3. The van der Waals surface area contributed by atoms with Crippen molar-refractivity contribution in [3.05, 3.63) is 35.9 Å². The molecule has 1 aromatic rings. The van der Waals surface area contributed by atoms with Crippen LogP contribution in [0.2, 0.25) is 0 Å². The molecule has 0 saturated carbocycles. The van der Waals surface area contributed by atoms with E-state index in [-0.39, 0.29) is 18.4 Å². The number of carbonyl (C=O) groups is 2. The Morgan fingerprint density at radius 3 is 2.47 bits per heavy atom. The van der Waals surface area contributed by atoms with E-state index in [0.717, 1.165) is 5.56 Å². The molecule has 3 atom stereocenters. The fraction of sp³-hybridized carbons (Fsp3) is 0.429. The van der Waals surface area contributed by atoms with E-state index in [1.807, 2.05) is 25.1 Å². The number of hydrogen-bond donors (Lipinski definition) is 2. The number of carboxylic acid groups (broad SMARTS) is 1. The van der Waals surface area contributed by atoms with E-state index in [1.54, 1.807) is 17.0 Å². The Bertz CT molecular complexity index is 475. The number of carbonyl (C=O) groups excluding carboxylic acids is 1. The highest BCUT2D eigenvalue weighted by atomic mass is 16.4. The molecule has 1 amide bonds. The maximum absolute atomic E-state index is 12.3. The summed E-state index contributed by atoms with van der Waals surface area (Å²) in [6.45, 7) is 2.55. The second-order valence-corrected chi connectivity index (χ2v) is 5.05. The van der Waals surface area contributed by atoms with Gasteiger partial charge in [-0.15, -0.1) is 0 Å². The largest absolute Gasteiger partial charge is 0.481 e. The van der Waals surface area contributed by atoms with E-state index in [1.165, 1.54) is 0 Å². The van der Waals surface area contributed by atoms with Crippen LogP contribution >= 0.6 is 0 Å². The zero-order chi connectivity index (χ0) is 14.0. The number of amides is 1. The van der Waals surface area contributed by atoms with E-state index in [2.05, 4.69) is 0 Å². The van der Waals surface area contributed by atoms with Gasteiger partial charge in [0.1, 0.15) is 6.04 Å². The predicted octanol–water partition coefficient (Wildman–Crippen LogP) is 0.865. The molecule has 0 aromatic heterocycles. The van der Waals surface area contributed by atoms with E-state index < -0.39 is 17.9 Å². The lowest BCUT2D eigenvalue weighted by Crippen LogP contribution is -2.37. The molecule has 19 heavy (non-hydrogen) atoms. The van der Waals surface area contributed by atoms with Crippen LogP contribution in [0.4, 0.5) is 0 Å². The summed E-state index contributed by atoms with van der Waals surface area (Å²) in [6.07, 6.45) is 0. The molecule has 5 nitrogen and oxygen atoms in total. The third-order valence-electron chi connectivity index (χ3n) is 3.67. The Kier molecular flexibility index (Phi) is 3.85. The first-order valence-electron chi connectivity index (χ1n) is 6.33. The zero-order valence-corrected chi connectivity index (χ0v) is 10.8. The van der Waals surface area contributed by atoms with Crippen LogP contribution in [0.1, 0.15) is 18.5 Å². The third-order valence-corrected chi connectivity index (χ3v) is 3.67. The average molecular weight is 262 g/mol. The van der Waals surface area contributed by atoms with Gasteiger partial charge >= 0.3 is 5.97 Å². The quantitative estimate of drug-likeness (QED) is 0.846. The van der Waals surface area contributed by atoms with E-state index in [9.17, 15) is 9.59 Å². The normalized spacial score (nSPS) is 24.2. The Morgan fingerprint density at radius 2 is 1.95 bits per heavy atom. The Labute approximate surface area is 112 Å². The second kappa shape index (κ2) is 5.40. The SMILES string of the molecule is CC1CN(C(=O)[C@H](N)c2ccccc2)CC1C(=O)O. The first-order chi connectivity index (χ1) is 9.00. The van der Waals surface area contributed by atoms with Gasteiger partial charge in [-0.05, 0) is 11.5 Å². The number of likely N-dealkylation sites (tertiary alicyclic amines) is 1. The van der Waals surface area contributed by atoms with Gasteiger partial charge in [-0.25, -0.2) is 0 Å². The van der Waals surface area contributed by atoms with Crippen molar-refractivity contribution in [2.75, 3.05) is 13.1 Å². The van der Waals surface area contributed by atoms with Gasteiger partial charge in [-0.1, -0.05) is 37.3 Å². The van der Waals surface area contributed by atoms with Gasteiger partial charge in [-0.3, -0.25) is 9.59 Å². The number of hydrogen-bond acceptors (Lipinski definition) is 3. The Morgan fingerprint density at radius 1 is 1.32 bits per heavy atom. The molecule has 0 radical (unpaired) electrons. The average Bonchev–Trinajstić information content (AvgIpc) is 2.80. The van der Waals surface area contributed by atoms with Gasteiger partial charge in [0.25, 0.3) is 0 Å². The molecule has 1 aliphatic rings. The molecule has 5 heteroatoms. The van der Waals surface area contributed by atoms with Crippen LogP contribution in [0.25, 0.3) is 0 Å². The summed E-state index contributed by atoms with van der Waals surface area (Å²) in [5, 5.41) is 9.07. The molecular formula is C14H18N2O3. The highest BCUT2D eigenvalue weighted by Gasteiger charge is 2.38. The third kappa shape index (κ3) is 2.76. The van der Waals surface area contributed by atoms with E-state index in [4.69, 9.17) is 10.8 Å². The summed E-state index contributed by atoms with van der Waals surface area (Å²) in [7, 11) is 0. The van der Waals surface area contributed by atoms with Gasteiger partial charge in [0.05, 0.1) is 5.92 Å². The number of nitrogens with two attached hydrogens (primary N) is 1. The molecular weight excluding hydrogens is 244 g/mol. The highest BCUT2D eigenvalue weighted by Crippen LogP contribution is 2.25. The molecule has 3 N–H and O–H groups in total. The van der Waals surface area contributed by atoms with Crippen molar-refractivity contribution < 1.29 is 14.7 Å². The first-order valence-corrected chi connectivity index (χ1v) is 6.33. The van der Waals surface area contributed by atoms with Crippen LogP contribution in [-0.4, -0.2) is 35.0 Å². The van der Waals surface area contributed by atoms with Crippen LogP contribution in [0, 0.1) is 11.8 Å². The van der Waals surface area contributed by atoms with Crippen molar-refractivity contribution in [1.29, 1.82) is 0 Å². The van der Waals surface area contributed by atoms with Gasteiger partial charge in [0.15, 0.2) is 0 Å². The lowest BCUT2D eigenvalue weighted by Gasteiger charge is -2.20. The van der Waals surface area contributed by atoms with Crippen molar-refractivity contribution in [2.24, 2.45) is 17.6 Å². The maximum Gasteiger partial charge on any atom is 0.308 e. The summed E-state index contributed by atoms with van der Waals surface area (Å²) < 4.78 is 0. The van der Waals surface area contributed by atoms with Gasteiger partial charge in [0.2, 0.25) is 5.91 Å². The topological polar surface area (TPSA) is 83.6 Å². The highest BCUT2D eigenvalue weighted by molar-refractivity contribution is 5.84. The van der Waals surface area contributed by atoms with Crippen LogP contribution in [0.5, 0.6) is 0 Å². The lowest BCUT2D eigenvalue weighted by atomic mass is 9.99. The minimum absolute atomic E-state index is 0.0376. The monoisotopic (exact) mass is 262 g/mol. The molecule has 2 rings (SSSR count). The van der Waals surface area contributed by atoms with Crippen molar-refractivity contribution in [3.8, 4) is 0 Å². The molecule has 1 aliphatic heterocycles. The number of aliphatic carboxylic acids is 1. The summed E-state index contributed by atoms with van der Waals surface area (Å²) in [5.41, 5.74) is 6.70. The molecule has 1 fully saturated rings. The van der Waals surface area contributed by atoms with Gasteiger partial charge in [0, 0.05) is 13.1 Å². The zero-order valence-electron chi connectivity index (χ0n) is 10.8. The molecule has 0 bridgehead atoms. The number of nitrogens with zero attached hydrogens (tertiary/aromatic N) is 1. The maximum atomic E-state index is 12.3. The summed E-state index contributed by atoms with van der Waals surface area (Å²) in [5.74, 6) is -1.59. The minimum atomic E-state index is -0.851. The van der Waals surface area contributed by atoms with Crippen LogP contribution in [-0.2, 0) is 9.59 Å². The van der Waals surface area contributed by atoms with Crippen molar-refractivity contribution in [3.63, 3.8) is 0 Å². The van der Waals surface area contributed by atoms with Crippen molar-refractivity contribution in [1.82, 2.24) is 4.90 Å². The van der Waals surface area contributed by atoms with E-state index in [0.29, 0.717) is 6.54 Å². The summed E-state index contributed by atoms with van der Waals surface area (Å²) in [4.78, 5) is 24.9. The molecule has 2 unspecified atom stereocenters. The number of benzene rings is 1. The Balaban J connectivity index is 2.07. The summed E-state index contributed by atoms with van der Waals surface area (Å²) >= 11 is 0. The van der Waals surface area contributed by atoms with Crippen molar-refractivity contribution >= 4 is 11.9 Å². The fourth-order valence-corrected chi connectivity index (χ4v) is 2.47. The summed E-state index contributed by atoms with van der Waals surface area (Å²) in [6, 6.07) is 8.40. The molecule has 1 saturated heterocycles. The first kappa shape index (κ1) is 13.5. The van der Waals surface area contributed by atoms with Crippen LogP contribution < -0.4 is 5.73 Å². The second-order valence-electron chi connectivity index (χ2n) is 5.05. The Hall–Kier alpha value is -1.88. The fourth-order valence-electron chi connectivity index (χ4n) is 2.47. The minimum Gasteiger partial charge on any atom is -0.481 e. The smallest absolute Gasteiger partial charge is 0.308 e. The van der Waals surface area contributed by atoms with Crippen molar-refractivity contribution in [2.45, 2.75) is 13.0 Å². The molecule has 0 aliphatic carbocycles. The lowest BCUT2D eigenvalue weighted by molar-refractivity contribution is -0.142. The van der Waals surface area contributed by atoms with E-state index >= 15 is 0 Å². The van der Waals surface area contributed by atoms with Crippen LogP contribution in [0.15, 0.2) is 30.3 Å². The standard InChI is InChI=1S/C14H18N2O3/c1-9-7-16(8-11(9)14(18)19)13(17)12(15)10-5-3-2-4-6-10/h2-6,9,11-12H,7-8,15H2,1H3,(H,18,19)/t9?,11?,12-/m1/s1. The van der Waals surface area contributed by atoms with Gasteiger partial charge in [-0.2, -0.15) is 0 Å². The van der Waals surface area contributed by atoms with Crippen LogP contribution in [0.3, 0.4) is 0 Å². The number of carboxylic acids is 1. The molecule has 1 heterocycles. The molecule has 1 aromatic carbocycles. The molecule has 0 spiro atoms. The molecule has 102 valence electrons. The van der Waals surface area contributed by atoms with Gasteiger partial charge < -0.3 is 15.7 Å².